The summed E-state index contributed by atoms with van der Waals surface area (Å²) in [6.07, 6.45) is 2.32. The summed E-state index contributed by atoms with van der Waals surface area (Å²) in [5.41, 5.74) is 5.85. The van der Waals surface area contributed by atoms with Crippen LogP contribution >= 0.6 is 0 Å². The number of rotatable bonds is 5. The molecular weight excluding hydrogens is 285 g/mol. The number of nitrogens with zero attached hydrogens (tertiary/aromatic N) is 1. The largest absolute Gasteiger partial charge is 0.356 e. The van der Waals surface area contributed by atoms with Gasteiger partial charge in [-0.2, -0.15) is 0 Å². The van der Waals surface area contributed by atoms with Crippen LogP contribution in [0.1, 0.15) is 29.6 Å². The van der Waals surface area contributed by atoms with Crippen LogP contribution in [0, 0.1) is 11.7 Å². The fraction of sp³-hybridized carbons (Fsp3) is 0.500. The van der Waals surface area contributed by atoms with E-state index >= 15 is 0 Å². The number of halogens is 1. The van der Waals surface area contributed by atoms with Crippen molar-refractivity contribution in [2.45, 2.75) is 19.3 Å². The second-order valence-electron chi connectivity index (χ2n) is 5.53. The number of hydrogen-bond donors (Lipinski definition) is 2. The summed E-state index contributed by atoms with van der Waals surface area (Å²) in [7, 11) is 0. The molecule has 0 saturated carbocycles. The van der Waals surface area contributed by atoms with E-state index < -0.39 is 0 Å². The molecule has 2 amide bonds. The fourth-order valence-electron chi connectivity index (χ4n) is 2.61. The molecule has 2 rings (SSSR count). The third-order valence-corrected chi connectivity index (χ3v) is 3.85. The standard InChI is InChI=1S/C16H22FN3O2/c17-14-6-4-12(5-7-14)16(22)20-10-1-3-13(11-20)15(21)19-9-2-8-18/h4-7,13H,1-3,8-11,18H2,(H,19,21). The number of carbonyl (C=O) groups excluding carboxylic acids is 2. The Bertz CT molecular complexity index is 519. The summed E-state index contributed by atoms with van der Waals surface area (Å²) in [5, 5.41) is 2.85. The third-order valence-electron chi connectivity index (χ3n) is 3.85. The highest BCUT2D eigenvalue weighted by Gasteiger charge is 2.28. The van der Waals surface area contributed by atoms with Crippen molar-refractivity contribution in [3.63, 3.8) is 0 Å². The monoisotopic (exact) mass is 307 g/mol. The van der Waals surface area contributed by atoms with Gasteiger partial charge in [0.2, 0.25) is 5.91 Å². The van der Waals surface area contributed by atoms with Crippen molar-refractivity contribution >= 4 is 11.8 Å². The highest BCUT2D eigenvalue weighted by atomic mass is 19.1. The molecule has 0 radical (unpaired) electrons. The van der Waals surface area contributed by atoms with Gasteiger partial charge in [0, 0.05) is 25.2 Å². The highest BCUT2D eigenvalue weighted by molar-refractivity contribution is 5.94. The fourth-order valence-corrected chi connectivity index (χ4v) is 2.61. The zero-order valence-electron chi connectivity index (χ0n) is 12.6. The minimum absolute atomic E-state index is 0.0231. The van der Waals surface area contributed by atoms with E-state index in [4.69, 9.17) is 5.73 Å². The zero-order chi connectivity index (χ0) is 15.9. The van der Waals surface area contributed by atoms with Gasteiger partial charge in [-0.15, -0.1) is 0 Å². The molecule has 0 aromatic heterocycles. The van der Waals surface area contributed by atoms with Crippen LogP contribution in [0.15, 0.2) is 24.3 Å². The maximum absolute atomic E-state index is 12.9. The summed E-state index contributed by atoms with van der Waals surface area (Å²) in [4.78, 5) is 26.1. The lowest BCUT2D eigenvalue weighted by atomic mass is 9.96. The first-order chi connectivity index (χ1) is 10.6. The second-order valence-corrected chi connectivity index (χ2v) is 5.53. The number of carbonyl (C=O) groups is 2. The maximum Gasteiger partial charge on any atom is 0.253 e. The molecule has 22 heavy (non-hydrogen) atoms. The predicted molar refractivity (Wildman–Crippen MR) is 81.7 cm³/mol. The van der Waals surface area contributed by atoms with Crippen molar-refractivity contribution in [3.05, 3.63) is 35.6 Å². The molecule has 1 fully saturated rings. The quantitative estimate of drug-likeness (QED) is 0.801. The molecule has 0 bridgehead atoms. The van der Waals surface area contributed by atoms with Gasteiger partial charge in [-0.3, -0.25) is 9.59 Å². The number of benzene rings is 1. The van der Waals surface area contributed by atoms with E-state index in [2.05, 4.69) is 5.32 Å². The van der Waals surface area contributed by atoms with Gasteiger partial charge in [-0.05, 0) is 50.1 Å². The molecule has 120 valence electrons. The Hall–Kier alpha value is -1.95. The molecule has 1 saturated heterocycles. The molecule has 3 N–H and O–H groups in total. The second kappa shape index (κ2) is 7.89. The Morgan fingerprint density at radius 2 is 2.05 bits per heavy atom. The van der Waals surface area contributed by atoms with Crippen molar-refractivity contribution in [1.29, 1.82) is 0 Å². The highest BCUT2D eigenvalue weighted by Crippen LogP contribution is 2.19. The number of likely N-dealkylation sites (tertiary alicyclic amines) is 1. The molecule has 0 spiro atoms. The van der Waals surface area contributed by atoms with Crippen molar-refractivity contribution < 1.29 is 14.0 Å². The molecule has 5 nitrogen and oxygen atoms in total. The molecule has 1 aromatic rings. The molecule has 1 aromatic carbocycles. The number of piperidine rings is 1. The first-order valence-corrected chi connectivity index (χ1v) is 7.64. The molecule has 1 atom stereocenters. The molecular formula is C16H22FN3O2. The minimum Gasteiger partial charge on any atom is -0.356 e. The van der Waals surface area contributed by atoms with Crippen LogP contribution in [-0.4, -0.2) is 42.9 Å². The number of nitrogens with one attached hydrogen (secondary N) is 1. The molecule has 6 heteroatoms. The number of hydrogen-bond acceptors (Lipinski definition) is 3. The molecule has 0 aliphatic carbocycles. The third kappa shape index (κ3) is 4.27. The Morgan fingerprint density at radius 3 is 2.73 bits per heavy atom. The average Bonchev–Trinajstić information content (AvgIpc) is 2.55. The lowest BCUT2D eigenvalue weighted by molar-refractivity contribution is -0.126. The van der Waals surface area contributed by atoms with Crippen molar-refractivity contribution in [1.82, 2.24) is 10.2 Å². The lowest BCUT2D eigenvalue weighted by Crippen LogP contribution is -2.45. The summed E-state index contributed by atoms with van der Waals surface area (Å²) < 4.78 is 12.9. The Morgan fingerprint density at radius 1 is 1.32 bits per heavy atom. The van der Waals surface area contributed by atoms with Crippen molar-refractivity contribution in [2.24, 2.45) is 11.7 Å². The van der Waals surface area contributed by atoms with Crippen LogP contribution in [0.3, 0.4) is 0 Å². The molecule has 1 aliphatic rings. The summed E-state index contributed by atoms with van der Waals surface area (Å²) in [6, 6.07) is 5.49. The van der Waals surface area contributed by atoms with E-state index in [1.807, 2.05) is 0 Å². The average molecular weight is 307 g/mol. The van der Waals surface area contributed by atoms with Crippen LogP contribution in [0.5, 0.6) is 0 Å². The van der Waals surface area contributed by atoms with Crippen molar-refractivity contribution in [2.75, 3.05) is 26.2 Å². The molecule has 1 heterocycles. The van der Waals surface area contributed by atoms with Gasteiger partial charge in [0.25, 0.3) is 5.91 Å². The van der Waals surface area contributed by atoms with Gasteiger partial charge in [0.05, 0.1) is 5.92 Å². The van der Waals surface area contributed by atoms with Gasteiger partial charge in [0.15, 0.2) is 0 Å². The van der Waals surface area contributed by atoms with Gasteiger partial charge < -0.3 is 16.0 Å². The van der Waals surface area contributed by atoms with Gasteiger partial charge in [-0.25, -0.2) is 4.39 Å². The Balaban J connectivity index is 1.93. The van der Waals surface area contributed by atoms with E-state index in [0.29, 0.717) is 31.7 Å². The lowest BCUT2D eigenvalue weighted by Gasteiger charge is -2.32. The van der Waals surface area contributed by atoms with Crippen LogP contribution in [-0.2, 0) is 4.79 Å². The first kappa shape index (κ1) is 16.4. The van der Waals surface area contributed by atoms with Crippen molar-refractivity contribution in [3.8, 4) is 0 Å². The first-order valence-electron chi connectivity index (χ1n) is 7.64. The summed E-state index contributed by atoms with van der Waals surface area (Å²) in [6.45, 7) is 2.14. The SMILES string of the molecule is NCCCNC(=O)C1CCCN(C(=O)c2ccc(F)cc2)C1. The Labute approximate surface area is 129 Å². The van der Waals surface area contributed by atoms with Gasteiger partial charge >= 0.3 is 0 Å². The normalized spacial score (nSPS) is 18.1. The maximum atomic E-state index is 12.9. The predicted octanol–water partition coefficient (Wildman–Crippen LogP) is 1.14. The summed E-state index contributed by atoms with van der Waals surface area (Å²) in [5.74, 6) is -0.729. The smallest absolute Gasteiger partial charge is 0.253 e. The molecule has 1 unspecified atom stereocenters. The van der Waals surface area contributed by atoms with Gasteiger partial charge in [-0.1, -0.05) is 0 Å². The van der Waals surface area contributed by atoms with Crippen LogP contribution in [0.25, 0.3) is 0 Å². The van der Waals surface area contributed by atoms with E-state index in [1.54, 1.807) is 4.90 Å². The summed E-state index contributed by atoms with van der Waals surface area (Å²) >= 11 is 0. The van der Waals surface area contributed by atoms with E-state index in [0.717, 1.165) is 19.3 Å². The Kier molecular flexibility index (Phi) is 5.89. The van der Waals surface area contributed by atoms with Gasteiger partial charge in [0.1, 0.15) is 5.82 Å². The topological polar surface area (TPSA) is 75.4 Å². The van der Waals surface area contributed by atoms with E-state index in [9.17, 15) is 14.0 Å². The zero-order valence-corrected chi connectivity index (χ0v) is 12.6. The van der Waals surface area contributed by atoms with Crippen LogP contribution < -0.4 is 11.1 Å². The van der Waals surface area contributed by atoms with Crippen LogP contribution in [0.2, 0.25) is 0 Å². The van der Waals surface area contributed by atoms with E-state index in [-0.39, 0.29) is 23.5 Å². The number of amides is 2. The van der Waals surface area contributed by atoms with Crippen LogP contribution in [0.4, 0.5) is 4.39 Å². The minimum atomic E-state index is -0.368. The molecule has 1 aliphatic heterocycles. The number of nitrogens with two attached hydrogens (primary N) is 1. The van der Waals surface area contributed by atoms with E-state index in [1.165, 1.54) is 24.3 Å².